The van der Waals surface area contributed by atoms with Crippen LogP contribution in [-0.4, -0.2) is 50.2 Å². The minimum Gasteiger partial charge on any atom is -0.394 e. The van der Waals surface area contributed by atoms with Crippen LogP contribution in [0, 0.1) is 0 Å². The highest BCUT2D eigenvalue weighted by atomic mass is 35.5. The van der Waals surface area contributed by atoms with Gasteiger partial charge in [0.15, 0.2) is 0 Å². The predicted molar refractivity (Wildman–Crippen MR) is 69.9 cm³/mol. The number of ether oxygens (including phenoxy) is 1. The van der Waals surface area contributed by atoms with Gasteiger partial charge in [-0.05, 0) is 6.07 Å². The summed E-state index contributed by atoms with van der Waals surface area (Å²) >= 11 is 12.6. The highest BCUT2D eigenvalue weighted by Gasteiger charge is 2.32. The lowest BCUT2D eigenvalue weighted by Crippen LogP contribution is -2.46. The van der Waals surface area contributed by atoms with Crippen LogP contribution < -0.4 is 0 Å². The third-order valence-corrected chi connectivity index (χ3v) is 6.17. The third-order valence-electron chi connectivity index (χ3n) is 2.55. The molecule has 1 aliphatic rings. The van der Waals surface area contributed by atoms with Gasteiger partial charge in [0.25, 0.3) is 0 Å². The highest BCUT2D eigenvalue weighted by molar-refractivity contribution is 7.89. The summed E-state index contributed by atoms with van der Waals surface area (Å²) in [5.74, 6) is 0. The fraction of sp³-hybridized carbons (Fsp3) is 0.556. The summed E-state index contributed by atoms with van der Waals surface area (Å²) in [6.07, 6.45) is -0.499. The highest BCUT2D eigenvalue weighted by Crippen LogP contribution is 2.36. The molecule has 0 spiro atoms. The summed E-state index contributed by atoms with van der Waals surface area (Å²) in [5.41, 5.74) is 0. The van der Waals surface area contributed by atoms with Gasteiger partial charge in [0, 0.05) is 13.1 Å². The molecule has 2 rings (SSSR count). The van der Waals surface area contributed by atoms with E-state index in [-0.39, 0.29) is 35.5 Å². The normalized spacial score (nSPS) is 22.3. The average Bonchev–Trinajstić information content (AvgIpc) is 2.69. The molecule has 1 unspecified atom stereocenters. The lowest BCUT2D eigenvalue weighted by atomic mass is 10.3. The minimum absolute atomic E-state index is 0.0118. The second kappa shape index (κ2) is 5.62. The lowest BCUT2D eigenvalue weighted by Gasteiger charge is -2.30. The zero-order valence-corrected chi connectivity index (χ0v) is 12.3. The van der Waals surface area contributed by atoms with Crippen LogP contribution in [0.25, 0.3) is 0 Å². The van der Waals surface area contributed by atoms with Crippen LogP contribution >= 0.6 is 34.5 Å². The van der Waals surface area contributed by atoms with Crippen LogP contribution in [0.3, 0.4) is 0 Å². The van der Waals surface area contributed by atoms with Gasteiger partial charge in [-0.15, -0.1) is 11.3 Å². The van der Waals surface area contributed by atoms with Gasteiger partial charge in [-0.1, -0.05) is 23.2 Å². The van der Waals surface area contributed by atoms with Crippen molar-refractivity contribution in [1.29, 1.82) is 0 Å². The summed E-state index contributed by atoms with van der Waals surface area (Å²) in [7, 11) is -3.68. The van der Waals surface area contributed by atoms with Gasteiger partial charge in [0.1, 0.15) is 9.23 Å². The van der Waals surface area contributed by atoms with Crippen LogP contribution in [-0.2, 0) is 14.8 Å². The van der Waals surface area contributed by atoms with E-state index >= 15 is 0 Å². The Hall–Kier alpha value is 0.110. The van der Waals surface area contributed by atoms with E-state index in [1.165, 1.54) is 10.4 Å². The maximum absolute atomic E-state index is 12.3. The lowest BCUT2D eigenvalue weighted by molar-refractivity contribution is -0.0304. The molecule has 1 aliphatic heterocycles. The number of aliphatic hydroxyl groups excluding tert-OH is 1. The van der Waals surface area contributed by atoms with Gasteiger partial charge in [-0.25, -0.2) is 8.42 Å². The van der Waals surface area contributed by atoms with Crippen molar-refractivity contribution >= 4 is 44.6 Å². The summed E-state index contributed by atoms with van der Waals surface area (Å²) in [5, 5.41) is 9.01. The molecule has 1 aromatic rings. The second-order valence-corrected chi connectivity index (χ2v) is 7.92. The third kappa shape index (κ3) is 2.82. The molecule has 18 heavy (non-hydrogen) atoms. The van der Waals surface area contributed by atoms with E-state index in [4.69, 9.17) is 33.0 Å². The van der Waals surface area contributed by atoms with E-state index in [1.807, 2.05) is 0 Å². The molecule has 1 atom stereocenters. The fourth-order valence-electron chi connectivity index (χ4n) is 1.66. The molecule has 1 saturated heterocycles. The summed E-state index contributed by atoms with van der Waals surface area (Å²) < 4.78 is 31.6. The van der Waals surface area contributed by atoms with Crippen molar-refractivity contribution in [2.45, 2.75) is 11.0 Å². The Morgan fingerprint density at radius 1 is 1.56 bits per heavy atom. The molecule has 0 bridgehead atoms. The number of hydrogen-bond acceptors (Lipinski definition) is 5. The first kappa shape index (κ1) is 14.5. The quantitative estimate of drug-likeness (QED) is 0.910. The Bertz CT molecular complexity index is 531. The molecule has 0 amide bonds. The standard InChI is InChI=1S/C9H11Cl2NO4S2/c10-8-3-7(9(11)17-8)18(14,15)12-1-2-16-6(4-12)5-13/h3,6,13H,1-2,4-5H2. The van der Waals surface area contributed by atoms with Gasteiger partial charge >= 0.3 is 0 Å². The number of halogens is 2. The van der Waals surface area contributed by atoms with Crippen LogP contribution in [0.1, 0.15) is 0 Å². The summed E-state index contributed by atoms with van der Waals surface area (Å²) in [6.45, 7) is 0.384. The Morgan fingerprint density at radius 3 is 2.83 bits per heavy atom. The van der Waals surface area contributed by atoms with Crippen LogP contribution in [0.15, 0.2) is 11.0 Å². The molecule has 9 heteroatoms. The first-order chi connectivity index (χ1) is 8.45. The molecule has 0 aromatic carbocycles. The van der Waals surface area contributed by atoms with Crippen LogP contribution in [0.4, 0.5) is 0 Å². The Morgan fingerprint density at radius 2 is 2.28 bits per heavy atom. The first-order valence-electron chi connectivity index (χ1n) is 5.12. The molecular weight excluding hydrogens is 321 g/mol. The number of aliphatic hydroxyl groups is 1. The van der Waals surface area contributed by atoms with Crippen LogP contribution in [0.5, 0.6) is 0 Å². The molecular formula is C9H11Cl2NO4S2. The number of rotatable bonds is 3. The van der Waals surface area contributed by atoms with Crippen molar-refractivity contribution < 1.29 is 18.3 Å². The smallest absolute Gasteiger partial charge is 0.245 e. The largest absolute Gasteiger partial charge is 0.394 e. The summed E-state index contributed by atoms with van der Waals surface area (Å²) in [4.78, 5) is 0.0118. The van der Waals surface area contributed by atoms with Crippen molar-refractivity contribution in [1.82, 2.24) is 4.31 Å². The zero-order valence-electron chi connectivity index (χ0n) is 9.17. The van der Waals surface area contributed by atoms with Gasteiger partial charge in [0.05, 0.1) is 23.7 Å². The molecule has 0 saturated carbocycles. The SMILES string of the molecule is O=S(=O)(c1cc(Cl)sc1Cl)N1CCOC(CO)C1. The number of morpholine rings is 1. The van der Waals surface area contributed by atoms with E-state index in [1.54, 1.807) is 0 Å². The van der Waals surface area contributed by atoms with E-state index in [0.717, 1.165) is 11.3 Å². The monoisotopic (exact) mass is 331 g/mol. The minimum atomic E-state index is -3.68. The molecule has 1 fully saturated rings. The van der Waals surface area contributed by atoms with Crippen LogP contribution in [0.2, 0.25) is 8.67 Å². The van der Waals surface area contributed by atoms with E-state index < -0.39 is 16.1 Å². The van der Waals surface area contributed by atoms with Gasteiger partial charge < -0.3 is 9.84 Å². The van der Waals surface area contributed by atoms with Crippen molar-refractivity contribution in [3.8, 4) is 0 Å². The molecule has 1 aromatic heterocycles. The number of thiophene rings is 1. The van der Waals surface area contributed by atoms with Crippen molar-refractivity contribution in [3.05, 3.63) is 14.7 Å². The van der Waals surface area contributed by atoms with Gasteiger partial charge in [-0.2, -0.15) is 4.31 Å². The Balaban J connectivity index is 2.28. The van der Waals surface area contributed by atoms with Gasteiger partial charge in [-0.3, -0.25) is 0 Å². The molecule has 0 radical (unpaired) electrons. The van der Waals surface area contributed by atoms with E-state index in [2.05, 4.69) is 0 Å². The Kier molecular flexibility index (Phi) is 4.53. The van der Waals surface area contributed by atoms with Crippen molar-refractivity contribution in [2.24, 2.45) is 0 Å². The predicted octanol–water partition coefficient (Wildman–Crippen LogP) is 1.44. The molecule has 0 aliphatic carbocycles. The topological polar surface area (TPSA) is 66.8 Å². The number of hydrogen-bond donors (Lipinski definition) is 1. The maximum atomic E-state index is 12.3. The fourth-order valence-corrected chi connectivity index (χ4v) is 5.23. The van der Waals surface area contributed by atoms with E-state index in [9.17, 15) is 8.42 Å². The maximum Gasteiger partial charge on any atom is 0.245 e. The summed E-state index contributed by atoms with van der Waals surface area (Å²) in [6, 6.07) is 1.34. The zero-order chi connectivity index (χ0) is 13.3. The number of nitrogens with zero attached hydrogens (tertiary/aromatic N) is 1. The van der Waals surface area contributed by atoms with E-state index in [0.29, 0.717) is 4.34 Å². The average molecular weight is 332 g/mol. The number of sulfonamides is 1. The van der Waals surface area contributed by atoms with Gasteiger partial charge in [0.2, 0.25) is 10.0 Å². The first-order valence-corrected chi connectivity index (χ1v) is 8.14. The van der Waals surface area contributed by atoms with Crippen molar-refractivity contribution in [2.75, 3.05) is 26.3 Å². The molecule has 1 N–H and O–H groups in total. The Labute approximate surface area is 119 Å². The molecule has 102 valence electrons. The second-order valence-electron chi connectivity index (χ2n) is 3.73. The molecule has 5 nitrogen and oxygen atoms in total. The van der Waals surface area contributed by atoms with Crippen molar-refractivity contribution in [3.63, 3.8) is 0 Å². The molecule has 2 heterocycles.